The molecular formula is C9H11ClFN. The van der Waals surface area contributed by atoms with Gasteiger partial charge in [0.15, 0.2) is 0 Å². The molecule has 1 aromatic carbocycles. The van der Waals surface area contributed by atoms with Crippen molar-refractivity contribution in [1.82, 2.24) is 0 Å². The van der Waals surface area contributed by atoms with E-state index in [0.29, 0.717) is 16.3 Å². The van der Waals surface area contributed by atoms with Gasteiger partial charge >= 0.3 is 0 Å². The summed E-state index contributed by atoms with van der Waals surface area (Å²) in [5, 5.41) is 0.582. The summed E-state index contributed by atoms with van der Waals surface area (Å²) in [5.41, 5.74) is 1.28. The zero-order valence-electron chi connectivity index (χ0n) is 7.36. The minimum atomic E-state index is -0.219. The van der Waals surface area contributed by atoms with Gasteiger partial charge in [-0.25, -0.2) is 4.39 Å². The van der Waals surface area contributed by atoms with Gasteiger partial charge in [0.1, 0.15) is 5.82 Å². The van der Waals surface area contributed by atoms with E-state index in [1.807, 2.05) is 14.1 Å². The van der Waals surface area contributed by atoms with E-state index in [1.54, 1.807) is 17.9 Å². The monoisotopic (exact) mass is 187 g/mol. The van der Waals surface area contributed by atoms with Crippen LogP contribution in [0.5, 0.6) is 0 Å². The Kier molecular flexibility index (Phi) is 2.58. The fourth-order valence-corrected chi connectivity index (χ4v) is 1.37. The van der Waals surface area contributed by atoms with Gasteiger partial charge in [0.2, 0.25) is 0 Å². The first-order valence-corrected chi connectivity index (χ1v) is 4.03. The molecule has 0 aromatic heterocycles. The molecule has 0 saturated carbocycles. The number of anilines is 1. The van der Waals surface area contributed by atoms with Crippen molar-refractivity contribution < 1.29 is 4.39 Å². The fraction of sp³-hybridized carbons (Fsp3) is 0.333. The van der Waals surface area contributed by atoms with Crippen LogP contribution in [0.1, 0.15) is 5.56 Å². The number of aryl methyl sites for hydroxylation is 1. The second-order valence-electron chi connectivity index (χ2n) is 2.95. The van der Waals surface area contributed by atoms with E-state index in [9.17, 15) is 4.39 Å². The number of halogens is 2. The normalized spacial score (nSPS) is 10.1. The van der Waals surface area contributed by atoms with Gasteiger partial charge in [0, 0.05) is 14.1 Å². The van der Waals surface area contributed by atoms with E-state index >= 15 is 0 Å². The zero-order chi connectivity index (χ0) is 9.30. The number of rotatable bonds is 1. The van der Waals surface area contributed by atoms with Crippen LogP contribution in [0.25, 0.3) is 0 Å². The lowest BCUT2D eigenvalue weighted by atomic mass is 10.2. The van der Waals surface area contributed by atoms with Crippen LogP contribution in [0.2, 0.25) is 5.02 Å². The molecule has 0 spiro atoms. The van der Waals surface area contributed by atoms with Gasteiger partial charge in [-0.1, -0.05) is 11.6 Å². The molecule has 66 valence electrons. The van der Waals surface area contributed by atoms with Crippen molar-refractivity contribution in [3.8, 4) is 0 Å². The third-order valence-corrected chi connectivity index (χ3v) is 2.01. The largest absolute Gasteiger partial charge is 0.376 e. The second-order valence-corrected chi connectivity index (χ2v) is 3.35. The van der Waals surface area contributed by atoms with E-state index < -0.39 is 0 Å². The Hall–Kier alpha value is -0.760. The molecule has 0 amide bonds. The van der Waals surface area contributed by atoms with Crippen LogP contribution >= 0.6 is 11.6 Å². The number of hydrogen-bond donors (Lipinski definition) is 0. The van der Waals surface area contributed by atoms with Gasteiger partial charge in [-0.15, -0.1) is 0 Å². The Morgan fingerprint density at radius 2 is 1.92 bits per heavy atom. The number of nitrogens with zero attached hydrogens (tertiary/aromatic N) is 1. The van der Waals surface area contributed by atoms with Crippen molar-refractivity contribution in [3.05, 3.63) is 28.5 Å². The Labute approximate surface area is 76.8 Å². The van der Waals surface area contributed by atoms with Gasteiger partial charge in [0.25, 0.3) is 0 Å². The van der Waals surface area contributed by atoms with E-state index in [2.05, 4.69) is 0 Å². The van der Waals surface area contributed by atoms with Gasteiger partial charge in [-0.3, -0.25) is 0 Å². The molecular weight excluding hydrogens is 177 g/mol. The van der Waals surface area contributed by atoms with Gasteiger partial charge < -0.3 is 4.90 Å². The molecule has 0 radical (unpaired) electrons. The van der Waals surface area contributed by atoms with E-state index in [4.69, 9.17) is 11.6 Å². The molecule has 0 saturated heterocycles. The third kappa shape index (κ3) is 1.69. The molecule has 0 aliphatic carbocycles. The lowest BCUT2D eigenvalue weighted by Crippen LogP contribution is -2.09. The summed E-state index contributed by atoms with van der Waals surface area (Å²) in [7, 11) is 3.66. The summed E-state index contributed by atoms with van der Waals surface area (Å²) in [4.78, 5) is 1.78. The standard InChI is InChI=1S/C9H11ClFN/c1-6-4-7(10)9(12(2)3)5-8(6)11/h4-5H,1-3H3. The van der Waals surface area contributed by atoms with Crippen molar-refractivity contribution in [2.45, 2.75) is 6.92 Å². The van der Waals surface area contributed by atoms with Crippen molar-refractivity contribution in [1.29, 1.82) is 0 Å². The molecule has 0 bridgehead atoms. The predicted molar refractivity (Wildman–Crippen MR) is 50.5 cm³/mol. The summed E-state index contributed by atoms with van der Waals surface area (Å²) >= 11 is 5.89. The smallest absolute Gasteiger partial charge is 0.128 e. The average Bonchev–Trinajstić information content (AvgIpc) is 1.96. The third-order valence-electron chi connectivity index (χ3n) is 1.71. The predicted octanol–water partition coefficient (Wildman–Crippen LogP) is 2.85. The minimum absolute atomic E-state index is 0.219. The summed E-state index contributed by atoms with van der Waals surface area (Å²) < 4.78 is 13.0. The summed E-state index contributed by atoms with van der Waals surface area (Å²) in [5.74, 6) is -0.219. The van der Waals surface area contributed by atoms with E-state index in [1.165, 1.54) is 6.07 Å². The lowest BCUT2D eigenvalue weighted by Gasteiger charge is -2.14. The highest BCUT2D eigenvalue weighted by atomic mass is 35.5. The van der Waals surface area contributed by atoms with Crippen molar-refractivity contribution >= 4 is 17.3 Å². The Morgan fingerprint density at radius 1 is 1.33 bits per heavy atom. The lowest BCUT2D eigenvalue weighted by molar-refractivity contribution is 0.618. The molecule has 1 nitrogen and oxygen atoms in total. The second kappa shape index (κ2) is 3.31. The fourth-order valence-electron chi connectivity index (χ4n) is 0.978. The zero-order valence-corrected chi connectivity index (χ0v) is 8.11. The van der Waals surface area contributed by atoms with Crippen molar-refractivity contribution in [2.75, 3.05) is 19.0 Å². The Bertz CT molecular complexity index is 297. The van der Waals surface area contributed by atoms with Crippen LogP contribution in [0.3, 0.4) is 0 Å². The topological polar surface area (TPSA) is 3.24 Å². The summed E-state index contributed by atoms with van der Waals surface area (Å²) in [6.45, 7) is 1.70. The maximum atomic E-state index is 13.0. The van der Waals surface area contributed by atoms with Crippen LogP contribution in [-0.4, -0.2) is 14.1 Å². The van der Waals surface area contributed by atoms with Crippen LogP contribution in [0, 0.1) is 12.7 Å². The van der Waals surface area contributed by atoms with Crippen LogP contribution in [0.15, 0.2) is 12.1 Å². The SMILES string of the molecule is Cc1cc(Cl)c(N(C)C)cc1F. The molecule has 0 aliphatic rings. The number of benzene rings is 1. The summed E-state index contributed by atoms with van der Waals surface area (Å²) in [6, 6.07) is 3.07. The highest BCUT2D eigenvalue weighted by molar-refractivity contribution is 6.33. The Morgan fingerprint density at radius 3 is 2.42 bits per heavy atom. The van der Waals surface area contributed by atoms with Crippen LogP contribution in [-0.2, 0) is 0 Å². The Balaban J connectivity index is 3.23. The van der Waals surface area contributed by atoms with Crippen molar-refractivity contribution in [2.24, 2.45) is 0 Å². The van der Waals surface area contributed by atoms with Gasteiger partial charge in [-0.05, 0) is 24.6 Å². The molecule has 1 aromatic rings. The molecule has 0 atom stereocenters. The first-order valence-electron chi connectivity index (χ1n) is 3.65. The minimum Gasteiger partial charge on any atom is -0.376 e. The molecule has 12 heavy (non-hydrogen) atoms. The molecule has 0 N–H and O–H groups in total. The maximum absolute atomic E-state index is 13.0. The summed E-state index contributed by atoms with van der Waals surface area (Å²) in [6.07, 6.45) is 0. The maximum Gasteiger partial charge on any atom is 0.128 e. The van der Waals surface area contributed by atoms with E-state index in [-0.39, 0.29) is 5.82 Å². The van der Waals surface area contributed by atoms with Crippen LogP contribution < -0.4 is 4.90 Å². The van der Waals surface area contributed by atoms with Gasteiger partial charge in [-0.2, -0.15) is 0 Å². The van der Waals surface area contributed by atoms with Crippen LogP contribution in [0.4, 0.5) is 10.1 Å². The quantitative estimate of drug-likeness (QED) is 0.654. The first-order chi connectivity index (χ1) is 5.52. The highest BCUT2D eigenvalue weighted by Gasteiger charge is 2.06. The first kappa shape index (κ1) is 9.33. The van der Waals surface area contributed by atoms with E-state index in [0.717, 1.165) is 0 Å². The molecule has 0 heterocycles. The highest BCUT2D eigenvalue weighted by Crippen LogP contribution is 2.26. The molecule has 0 fully saturated rings. The molecule has 3 heteroatoms. The molecule has 0 aliphatic heterocycles. The molecule has 0 unspecified atom stereocenters. The average molecular weight is 188 g/mol. The van der Waals surface area contributed by atoms with Gasteiger partial charge in [0.05, 0.1) is 10.7 Å². The number of hydrogen-bond acceptors (Lipinski definition) is 1. The van der Waals surface area contributed by atoms with Crippen molar-refractivity contribution in [3.63, 3.8) is 0 Å². The molecule has 1 rings (SSSR count).